The van der Waals surface area contributed by atoms with Crippen LogP contribution >= 0.6 is 0 Å². The van der Waals surface area contributed by atoms with Gasteiger partial charge in [0.05, 0.1) is 6.07 Å². The standard InChI is InChI=1S/C9H13N/c1-8(7-10)9-5-3-2-4-6-9/h2-6H2,1H3. The Morgan fingerprint density at radius 2 is 1.90 bits per heavy atom. The molecule has 1 fully saturated rings. The van der Waals surface area contributed by atoms with E-state index in [0.29, 0.717) is 0 Å². The van der Waals surface area contributed by atoms with Gasteiger partial charge >= 0.3 is 0 Å². The van der Waals surface area contributed by atoms with Crippen LogP contribution in [0.1, 0.15) is 39.0 Å². The zero-order valence-corrected chi connectivity index (χ0v) is 6.48. The molecule has 0 aliphatic heterocycles. The van der Waals surface area contributed by atoms with E-state index < -0.39 is 0 Å². The summed E-state index contributed by atoms with van der Waals surface area (Å²) in [5, 5.41) is 8.58. The van der Waals surface area contributed by atoms with Crippen molar-refractivity contribution in [2.24, 2.45) is 0 Å². The third-order valence-corrected chi connectivity index (χ3v) is 2.16. The predicted molar refractivity (Wildman–Crippen MR) is 41.4 cm³/mol. The first-order valence-corrected chi connectivity index (χ1v) is 3.93. The maximum atomic E-state index is 8.58. The van der Waals surface area contributed by atoms with Crippen LogP contribution in [0.5, 0.6) is 0 Å². The molecule has 0 heterocycles. The van der Waals surface area contributed by atoms with Crippen molar-refractivity contribution in [1.82, 2.24) is 0 Å². The fourth-order valence-corrected chi connectivity index (χ4v) is 1.43. The van der Waals surface area contributed by atoms with Crippen LogP contribution in [0.3, 0.4) is 0 Å². The fraction of sp³-hybridized carbons (Fsp3) is 0.667. The van der Waals surface area contributed by atoms with Crippen LogP contribution in [-0.2, 0) is 0 Å². The lowest BCUT2D eigenvalue weighted by Crippen LogP contribution is -1.95. The van der Waals surface area contributed by atoms with Crippen molar-refractivity contribution >= 4 is 0 Å². The Hall–Kier alpha value is -0.770. The van der Waals surface area contributed by atoms with Gasteiger partial charge in [-0.15, -0.1) is 0 Å². The fourth-order valence-electron chi connectivity index (χ4n) is 1.43. The Labute approximate surface area is 62.4 Å². The number of allylic oxidation sites excluding steroid dienone is 2. The van der Waals surface area contributed by atoms with Gasteiger partial charge in [-0.05, 0) is 32.6 Å². The Morgan fingerprint density at radius 1 is 1.30 bits per heavy atom. The number of nitrogens with zero attached hydrogens (tertiary/aromatic N) is 1. The minimum Gasteiger partial charge on any atom is -0.193 e. The monoisotopic (exact) mass is 135 g/mol. The van der Waals surface area contributed by atoms with Crippen molar-refractivity contribution in [3.05, 3.63) is 11.1 Å². The predicted octanol–water partition coefficient (Wildman–Crippen LogP) is 2.79. The number of nitriles is 1. The molecule has 0 amide bonds. The molecule has 1 rings (SSSR count). The van der Waals surface area contributed by atoms with Gasteiger partial charge in [0.25, 0.3) is 0 Å². The molecule has 1 aliphatic carbocycles. The summed E-state index contributed by atoms with van der Waals surface area (Å²) in [6.45, 7) is 1.93. The van der Waals surface area contributed by atoms with Crippen LogP contribution in [-0.4, -0.2) is 0 Å². The number of rotatable bonds is 0. The lowest BCUT2D eigenvalue weighted by molar-refractivity contribution is 0.595. The van der Waals surface area contributed by atoms with Gasteiger partial charge in [-0.25, -0.2) is 0 Å². The molecule has 54 valence electrons. The second kappa shape index (κ2) is 3.41. The zero-order valence-electron chi connectivity index (χ0n) is 6.48. The smallest absolute Gasteiger partial charge is 0.0943 e. The average Bonchev–Trinajstić information content (AvgIpc) is 2.05. The third kappa shape index (κ3) is 1.60. The molecule has 10 heavy (non-hydrogen) atoms. The van der Waals surface area contributed by atoms with Crippen LogP contribution in [0.4, 0.5) is 0 Å². The van der Waals surface area contributed by atoms with E-state index in [4.69, 9.17) is 5.26 Å². The molecule has 1 nitrogen and oxygen atoms in total. The molecule has 0 saturated heterocycles. The lowest BCUT2D eigenvalue weighted by atomic mass is 9.92. The molecule has 0 unspecified atom stereocenters. The van der Waals surface area contributed by atoms with Gasteiger partial charge in [-0.1, -0.05) is 12.0 Å². The van der Waals surface area contributed by atoms with Gasteiger partial charge in [0, 0.05) is 5.57 Å². The summed E-state index contributed by atoms with van der Waals surface area (Å²) in [4.78, 5) is 0. The SMILES string of the molecule is CC(C#N)=C1CCCCC1. The van der Waals surface area contributed by atoms with Gasteiger partial charge < -0.3 is 0 Å². The average molecular weight is 135 g/mol. The zero-order chi connectivity index (χ0) is 7.40. The quantitative estimate of drug-likeness (QED) is 0.468. The maximum absolute atomic E-state index is 8.58. The summed E-state index contributed by atoms with van der Waals surface area (Å²) in [5.41, 5.74) is 2.36. The van der Waals surface area contributed by atoms with Gasteiger partial charge in [0.2, 0.25) is 0 Å². The van der Waals surface area contributed by atoms with E-state index in [-0.39, 0.29) is 0 Å². The molecule has 1 aliphatic rings. The highest BCUT2D eigenvalue weighted by Crippen LogP contribution is 2.24. The van der Waals surface area contributed by atoms with Gasteiger partial charge in [-0.3, -0.25) is 0 Å². The Bertz CT molecular complexity index is 175. The van der Waals surface area contributed by atoms with E-state index in [1.54, 1.807) is 0 Å². The minimum absolute atomic E-state index is 0.958. The summed E-state index contributed by atoms with van der Waals surface area (Å²) in [6.07, 6.45) is 6.25. The molecule has 0 aromatic heterocycles. The first-order chi connectivity index (χ1) is 4.84. The van der Waals surface area contributed by atoms with E-state index >= 15 is 0 Å². The molecule has 0 atom stereocenters. The minimum atomic E-state index is 0.958. The molecule has 1 saturated carbocycles. The van der Waals surface area contributed by atoms with E-state index in [1.165, 1.54) is 37.7 Å². The molecule has 0 aromatic carbocycles. The van der Waals surface area contributed by atoms with Crippen LogP contribution in [0.15, 0.2) is 11.1 Å². The summed E-state index contributed by atoms with van der Waals surface area (Å²) in [7, 11) is 0. The maximum Gasteiger partial charge on any atom is 0.0943 e. The highest BCUT2D eigenvalue weighted by atomic mass is 14.2. The molecule has 0 radical (unpaired) electrons. The summed E-state index contributed by atoms with van der Waals surface area (Å²) < 4.78 is 0. The Balaban J connectivity index is 2.62. The molecular formula is C9H13N. The van der Waals surface area contributed by atoms with Crippen LogP contribution < -0.4 is 0 Å². The number of hydrogen-bond donors (Lipinski definition) is 0. The van der Waals surface area contributed by atoms with E-state index in [0.717, 1.165) is 5.57 Å². The summed E-state index contributed by atoms with van der Waals surface area (Å²) in [6, 6.07) is 2.21. The first-order valence-electron chi connectivity index (χ1n) is 3.93. The highest BCUT2D eigenvalue weighted by molar-refractivity contribution is 5.26. The molecule has 0 spiro atoms. The highest BCUT2D eigenvalue weighted by Gasteiger charge is 2.07. The Morgan fingerprint density at radius 3 is 2.40 bits per heavy atom. The van der Waals surface area contributed by atoms with Crippen molar-refractivity contribution in [3.63, 3.8) is 0 Å². The van der Waals surface area contributed by atoms with Crippen molar-refractivity contribution < 1.29 is 0 Å². The van der Waals surface area contributed by atoms with Crippen molar-refractivity contribution in [1.29, 1.82) is 5.26 Å². The van der Waals surface area contributed by atoms with E-state index in [2.05, 4.69) is 6.07 Å². The summed E-state index contributed by atoms with van der Waals surface area (Å²) >= 11 is 0. The van der Waals surface area contributed by atoms with E-state index in [1.807, 2.05) is 6.92 Å². The van der Waals surface area contributed by atoms with Crippen LogP contribution in [0.25, 0.3) is 0 Å². The molecule has 0 bridgehead atoms. The number of hydrogen-bond acceptors (Lipinski definition) is 1. The molecular weight excluding hydrogens is 122 g/mol. The first kappa shape index (κ1) is 7.34. The van der Waals surface area contributed by atoms with Crippen molar-refractivity contribution in [2.75, 3.05) is 0 Å². The molecule has 0 N–H and O–H groups in total. The van der Waals surface area contributed by atoms with Crippen molar-refractivity contribution in [3.8, 4) is 6.07 Å². The second-order valence-electron chi connectivity index (χ2n) is 2.90. The van der Waals surface area contributed by atoms with Crippen molar-refractivity contribution in [2.45, 2.75) is 39.0 Å². The molecule has 0 aromatic rings. The van der Waals surface area contributed by atoms with Gasteiger partial charge in [-0.2, -0.15) is 5.26 Å². The molecule has 1 heteroatoms. The lowest BCUT2D eigenvalue weighted by Gasteiger charge is -2.13. The van der Waals surface area contributed by atoms with Crippen LogP contribution in [0, 0.1) is 11.3 Å². The van der Waals surface area contributed by atoms with Gasteiger partial charge in [0.15, 0.2) is 0 Å². The Kier molecular flexibility index (Phi) is 2.50. The topological polar surface area (TPSA) is 23.8 Å². The third-order valence-electron chi connectivity index (χ3n) is 2.16. The normalized spacial score (nSPS) is 18.2. The van der Waals surface area contributed by atoms with Crippen LogP contribution in [0.2, 0.25) is 0 Å². The largest absolute Gasteiger partial charge is 0.193 e. The summed E-state index contributed by atoms with van der Waals surface area (Å²) in [5.74, 6) is 0. The second-order valence-corrected chi connectivity index (χ2v) is 2.90. The van der Waals surface area contributed by atoms with Gasteiger partial charge in [0.1, 0.15) is 0 Å². The van der Waals surface area contributed by atoms with E-state index in [9.17, 15) is 0 Å².